The van der Waals surface area contributed by atoms with E-state index >= 15 is 0 Å². The molecule has 0 aliphatic rings. The monoisotopic (exact) mass is 314 g/mol. The third kappa shape index (κ3) is 3.29. The number of aryl methyl sites for hydroxylation is 1. The van der Waals surface area contributed by atoms with Gasteiger partial charge >= 0.3 is 12.2 Å². The molecular weight excluding hydrogens is 309 g/mol. The van der Waals surface area contributed by atoms with E-state index in [2.05, 4.69) is 25.7 Å². The van der Waals surface area contributed by atoms with Gasteiger partial charge in [-0.2, -0.15) is 0 Å². The zero-order valence-electron chi connectivity index (χ0n) is 8.42. The predicted molar refractivity (Wildman–Crippen MR) is 54.9 cm³/mol. The lowest BCUT2D eigenvalue weighted by atomic mass is 10.1. The molecule has 0 aliphatic heterocycles. The molecule has 1 rings (SSSR count). The molecule has 0 aromatic carbocycles. The average Bonchev–Trinajstić information content (AvgIpc) is 2.15. The van der Waals surface area contributed by atoms with Crippen LogP contribution in [0.4, 0.5) is 19.0 Å². The van der Waals surface area contributed by atoms with Gasteiger partial charge < -0.3 is 14.9 Å². The van der Waals surface area contributed by atoms with Crippen LogP contribution < -0.4 is 4.74 Å². The van der Waals surface area contributed by atoms with Crippen molar-refractivity contribution < 1.29 is 22.8 Å². The van der Waals surface area contributed by atoms with Crippen LogP contribution in [0.2, 0.25) is 0 Å². The van der Waals surface area contributed by atoms with Gasteiger partial charge in [0.15, 0.2) is 0 Å². The first-order valence-corrected chi connectivity index (χ1v) is 5.33. The number of alkyl halides is 4. The summed E-state index contributed by atoms with van der Waals surface area (Å²) in [6.07, 6.45) is -3.88. The minimum Gasteiger partial charge on any atom is -0.396 e. The highest BCUT2D eigenvalue weighted by Gasteiger charge is 2.37. The van der Waals surface area contributed by atoms with Crippen LogP contribution in [0.3, 0.4) is 0 Å². The molecular formula is C8H6BrF3N2O3. The molecule has 0 atom stereocenters. The van der Waals surface area contributed by atoms with Crippen LogP contribution in [0.1, 0.15) is 11.1 Å². The molecule has 0 aliphatic carbocycles. The third-order valence-corrected chi connectivity index (χ3v) is 2.42. The van der Waals surface area contributed by atoms with Crippen LogP contribution in [-0.2, 0) is 5.33 Å². The quantitative estimate of drug-likeness (QED) is 0.488. The largest absolute Gasteiger partial charge is 0.573 e. The Morgan fingerprint density at radius 1 is 1.59 bits per heavy atom. The standard InChI is InChI=1S/C8H6BrF3N2O3/c1-4-3-13-7(14(15)16)6(5(4)2-9)17-8(10,11)12/h3H,2H2,1H3. The molecule has 0 saturated heterocycles. The van der Waals surface area contributed by atoms with Gasteiger partial charge in [0.25, 0.3) is 0 Å². The number of rotatable bonds is 3. The number of hydrogen-bond acceptors (Lipinski definition) is 4. The number of nitro groups is 1. The van der Waals surface area contributed by atoms with E-state index in [0.29, 0.717) is 5.56 Å². The smallest absolute Gasteiger partial charge is 0.396 e. The van der Waals surface area contributed by atoms with E-state index in [4.69, 9.17) is 0 Å². The van der Waals surface area contributed by atoms with Gasteiger partial charge in [0, 0.05) is 16.5 Å². The molecule has 17 heavy (non-hydrogen) atoms. The Hall–Kier alpha value is -1.38. The second-order valence-corrected chi connectivity index (χ2v) is 3.57. The Labute approximate surface area is 102 Å². The van der Waals surface area contributed by atoms with Gasteiger partial charge in [-0.1, -0.05) is 15.9 Å². The average molecular weight is 315 g/mol. The molecule has 0 radical (unpaired) electrons. The van der Waals surface area contributed by atoms with Crippen molar-refractivity contribution in [3.05, 3.63) is 27.4 Å². The van der Waals surface area contributed by atoms with E-state index in [1.54, 1.807) is 0 Å². The van der Waals surface area contributed by atoms with Crippen molar-refractivity contribution >= 4 is 21.7 Å². The van der Waals surface area contributed by atoms with Gasteiger partial charge in [-0.25, -0.2) is 0 Å². The fraction of sp³-hybridized carbons (Fsp3) is 0.375. The number of halogens is 4. The van der Waals surface area contributed by atoms with Gasteiger partial charge in [0.1, 0.15) is 6.20 Å². The summed E-state index contributed by atoms with van der Waals surface area (Å²) >= 11 is 2.95. The third-order valence-electron chi connectivity index (χ3n) is 1.86. The maximum Gasteiger partial charge on any atom is 0.573 e. The second kappa shape index (κ2) is 4.86. The first kappa shape index (κ1) is 13.7. The Kier molecular flexibility index (Phi) is 3.91. The summed E-state index contributed by atoms with van der Waals surface area (Å²) in [7, 11) is 0. The molecule has 0 unspecified atom stereocenters. The van der Waals surface area contributed by atoms with Crippen LogP contribution in [-0.4, -0.2) is 16.3 Å². The number of hydrogen-bond donors (Lipinski definition) is 0. The number of pyridine rings is 1. The molecule has 0 N–H and O–H groups in total. The molecule has 5 nitrogen and oxygen atoms in total. The Balaban J connectivity index is 3.39. The van der Waals surface area contributed by atoms with E-state index in [9.17, 15) is 23.3 Å². The fourth-order valence-corrected chi connectivity index (χ4v) is 1.82. The Morgan fingerprint density at radius 3 is 2.59 bits per heavy atom. The predicted octanol–water partition coefficient (Wildman–Crippen LogP) is 3.09. The lowest BCUT2D eigenvalue weighted by Gasteiger charge is -2.12. The molecule has 0 spiro atoms. The van der Waals surface area contributed by atoms with Gasteiger partial charge in [-0.15, -0.1) is 13.2 Å². The summed E-state index contributed by atoms with van der Waals surface area (Å²) in [6, 6.07) is 0. The summed E-state index contributed by atoms with van der Waals surface area (Å²) in [5.74, 6) is -1.83. The van der Waals surface area contributed by atoms with E-state index in [0.717, 1.165) is 6.20 Å². The van der Waals surface area contributed by atoms with Gasteiger partial charge in [-0.3, -0.25) is 0 Å². The molecule has 1 aromatic heterocycles. The first-order chi connectivity index (χ1) is 7.76. The first-order valence-electron chi connectivity index (χ1n) is 4.21. The second-order valence-electron chi connectivity index (χ2n) is 3.01. The molecule has 1 heterocycles. The van der Waals surface area contributed by atoms with Crippen molar-refractivity contribution in [1.29, 1.82) is 0 Å². The van der Waals surface area contributed by atoms with Crippen molar-refractivity contribution in [2.45, 2.75) is 18.6 Å². The van der Waals surface area contributed by atoms with Crippen LogP contribution >= 0.6 is 15.9 Å². The van der Waals surface area contributed by atoms with Gasteiger partial charge in [0.05, 0.1) is 0 Å². The zero-order chi connectivity index (χ0) is 13.2. The lowest BCUT2D eigenvalue weighted by Crippen LogP contribution is -2.19. The van der Waals surface area contributed by atoms with E-state index in [-0.39, 0.29) is 10.9 Å². The number of ether oxygens (including phenoxy) is 1. The van der Waals surface area contributed by atoms with Crippen molar-refractivity contribution in [3.63, 3.8) is 0 Å². The van der Waals surface area contributed by atoms with Crippen molar-refractivity contribution in [1.82, 2.24) is 4.98 Å². The molecule has 0 bridgehead atoms. The summed E-state index contributed by atoms with van der Waals surface area (Å²) in [5.41, 5.74) is 0.413. The molecule has 94 valence electrons. The lowest BCUT2D eigenvalue weighted by molar-refractivity contribution is -0.393. The topological polar surface area (TPSA) is 65.3 Å². The Bertz CT molecular complexity index is 450. The summed E-state index contributed by atoms with van der Waals surface area (Å²) in [4.78, 5) is 12.9. The highest BCUT2D eigenvalue weighted by Crippen LogP contribution is 2.36. The van der Waals surface area contributed by atoms with Crippen molar-refractivity contribution in [2.75, 3.05) is 0 Å². The van der Waals surface area contributed by atoms with Crippen LogP contribution in [0.25, 0.3) is 0 Å². The van der Waals surface area contributed by atoms with E-state index in [1.165, 1.54) is 6.92 Å². The summed E-state index contributed by atoms with van der Waals surface area (Å²) in [5, 5.41) is 10.6. The highest BCUT2D eigenvalue weighted by atomic mass is 79.9. The van der Waals surface area contributed by atoms with Gasteiger partial charge in [-0.05, 0) is 16.8 Å². The van der Waals surface area contributed by atoms with Crippen molar-refractivity contribution in [3.8, 4) is 5.75 Å². The van der Waals surface area contributed by atoms with Crippen LogP contribution in [0, 0.1) is 17.0 Å². The van der Waals surface area contributed by atoms with Crippen molar-refractivity contribution in [2.24, 2.45) is 0 Å². The Morgan fingerprint density at radius 2 is 2.18 bits per heavy atom. The van der Waals surface area contributed by atoms with Gasteiger partial charge in [0.2, 0.25) is 5.75 Å². The molecule has 0 fully saturated rings. The molecule has 0 amide bonds. The summed E-state index contributed by atoms with van der Waals surface area (Å²) < 4.78 is 40.1. The van der Waals surface area contributed by atoms with E-state index in [1.807, 2.05) is 0 Å². The number of nitrogens with zero attached hydrogens (tertiary/aromatic N) is 2. The molecule has 9 heteroatoms. The molecule has 0 saturated carbocycles. The zero-order valence-corrected chi connectivity index (χ0v) is 10.0. The maximum absolute atomic E-state index is 12.1. The number of aromatic nitrogens is 1. The minimum atomic E-state index is -5.00. The highest BCUT2D eigenvalue weighted by molar-refractivity contribution is 9.08. The maximum atomic E-state index is 12.1. The minimum absolute atomic E-state index is 0.00634. The molecule has 1 aromatic rings. The fourth-order valence-electron chi connectivity index (χ4n) is 1.13. The van der Waals surface area contributed by atoms with Crippen LogP contribution in [0.5, 0.6) is 5.75 Å². The normalized spacial score (nSPS) is 11.4. The van der Waals surface area contributed by atoms with Crippen LogP contribution in [0.15, 0.2) is 6.20 Å². The van der Waals surface area contributed by atoms with E-state index < -0.39 is 22.9 Å². The summed E-state index contributed by atoms with van der Waals surface area (Å²) in [6.45, 7) is 1.48. The SMILES string of the molecule is Cc1cnc([N+](=O)[O-])c(OC(F)(F)F)c1CBr.